The van der Waals surface area contributed by atoms with Crippen molar-refractivity contribution in [3.8, 4) is 34.4 Å². The Balaban J connectivity index is 1.18. The maximum atomic E-state index is 15.2. The van der Waals surface area contributed by atoms with Gasteiger partial charge in [0.2, 0.25) is 0 Å². The SMILES string of the molecule is Fc1cc2c(cc1N1CCN3C=CCC3C1)Cc1c(-c3csc(C#CCOCC(F)(F)F)c3)n[nH]c1-2. The van der Waals surface area contributed by atoms with Crippen LogP contribution in [0.25, 0.3) is 22.5 Å². The molecule has 2 aliphatic heterocycles. The number of nitrogens with zero attached hydrogens (tertiary/aromatic N) is 3. The van der Waals surface area contributed by atoms with E-state index in [4.69, 9.17) is 0 Å². The van der Waals surface area contributed by atoms with Crippen molar-refractivity contribution in [3.05, 3.63) is 57.7 Å². The van der Waals surface area contributed by atoms with Crippen LogP contribution in [-0.4, -0.2) is 60.2 Å². The summed E-state index contributed by atoms with van der Waals surface area (Å²) in [6.45, 7) is 0.881. The molecule has 0 radical (unpaired) electrons. The smallest absolute Gasteiger partial charge is 0.371 e. The molecule has 6 rings (SSSR count). The summed E-state index contributed by atoms with van der Waals surface area (Å²) >= 11 is 1.39. The molecule has 1 N–H and O–H groups in total. The van der Waals surface area contributed by atoms with Gasteiger partial charge in [-0.25, -0.2) is 4.39 Å². The maximum absolute atomic E-state index is 15.2. The third-order valence-electron chi connectivity index (χ3n) is 6.77. The zero-order valence-corrected chi connectivity index (χ0v) is 20.0. The third kappa shape index (κ3) is 4.38. The van der Waals surface area contributed by atoms with Gasteiger partial charge in [0.1, 0.15) is 19.0 Å². The number of anilines is 1. The van der Waals surface area contributed by atoms with Gasteiger partial charge in [-0.3, -0.25) is 5.10 Å². The number of piperazine rings is 1. The van der Waals surface area contributed by atoms with E-state index in [9.17, 15) is 13.2 Å². The number of aromatic nitrogens is 2. The Labute approximate surface area is 209 Å². The average Bonchev–Trinajstić information content (AvgIpc) is 3.61. The first-order chi connectivity index (χ1) is 17.4. The quantitative estimate of drug-likeness (QED) is 0.231. The number of halogens is 4. The van der Waals surface area contributed by atoms with Gasteiger partial charge in [-0.2, -0.15) is 18.3 Å². The van der Waals surface area contributed by atoms with Crippen molar-refractivity contribution in [2.75, 3.05) is 37.7 Å². The highest BCUT2D eigenvalue weighted by molar-refractivity contribution is 7.11. The molecule has 1 aromatic carbocycles. The van der Waals surface area contributed by atoms with E-state index in [0.29, 0.717) is 23.0 Å². The Morgan fingerprint density at radius 3 is 2.97 bits per heavy atom. The van der Waals surface area contributed by atoms with E-state index in [2.05, 4.69) is 48.9 Å². The number of rotatable bonds is 4. The molecule has 1 saturated heterocycles. The lowest BCUT2D eigenvalue weighted by Gasteiger charge is -2.39. The number of fused-ring (bicyclic) bond motifs is 4. The second-order valence-corrected chi connectivity index (χ2v) is 10.0. The first kappa shape index (κ1) is 23.1. The van der Waals surface area contributed by atoms with E-state index in [-0.39, 0.29) is 12.4 Å². The largest absolute Gasteiger partial charge is 0.411 e. The summed E-state index contributed by atoms with van der Waals surface area (Å²) < 4.78 is 56.2. The highest BCUT2D eigenvalue weighted by Crippen LogP contribution is 2.43. The number of hydrogen-bond donors (Lipinski definition) is 1. The topological polar surface area (TPSA) is 44.4 Å². The Morgan fingerprint density at radius 1 is 1.22 bits per heavy atom. The summed E-state index contributed by atoms with van der Waals surface area (Å²) in [4.78, 5) is 5.19. The summed E-state index contributed by atoms with van der Waals surface area (Å²) in [6.07, 6.45) is 1.61. The highest BCUT2D eigenvalue weighted by Gasteiger charge is 2.31. The number of alkyl halides is 3. The summed E-state index contributed by atoms with van der Waals surface area (Å²) in [5, 5.41) is 9.47. The molecule has 1 atom stereocenters. The number of thiophene rings is 1. The summed E-state index contributed by atoms with van der Waals surface area (Å²) in [7, 11) is 0. The van der Waals surface area contributed by atoms with Crippen LogP contribution in [0, 0.1) is 17.7 Å². The molecule has 4 heterocycles. The molecule has 0 amide bonds. The number of benzene rings is 1. The molecule has 0 spiro atoms. The first-order valence-electron chi connectivity index (χ1n) is 11.7. The minimum absolute atomic E-state index is 0.224. The standard InChI is InChI=1S/C26H22F4N4OS/c27-22-12-20-16(11-23(22)34-7-6-33-5-1-3-18(33)13-34)10-21-24(31-32-25(20)21)17-9-19(36-14-17)4-2-8-35-15-26(28,29)30/h1,5,9,11-12,14,18H,3,6-8,10,13,15H2,(H,31,32). The minimum Gasteiger partial charge on any atom is -0.371 e. The molecule has 1 aliphatic carbocycles. The summed E-state index contributed by atoms with van der Waals surface area (Å²) in [5.74, 6) is 5.23. The van der Waals surface area contributed by atoms with Crippen molar-refractivity contribution < 1.29 is 22.3 Å². The zero-order valence-electron chi connectivity index (χ0n) is 19.2. The van der Waals surface area contributed by atoms with Crippen molar-refractivity contribution in [3.63, 3.8) is 0 Å². The van der Waals surface area contributed by atoms with Crippen LogP contribution in [0.3, 0.4) is 0 Å². The lowest BCUT2D eigenvalue weighted by Crippen LogP contribution is -2.49. The minimum atomic E-state index is -4.36. The Bertz CT molecular complexity index is 1400. The van der Waals surface area contributed by atoms with Gasteiger partial charge < -0.3 is 14.5 Å². The number of ether oxygens (including phenoxy) is 1. The monoisotopic (exact) mass is 514 g/mol. The number of hydrogen-bond acceptors (Lipinski definition) is 5. The number of aromatic amines is 1. The number of nitrogens with one attached hydrogen (secondary N) is 1. The fraction of sp³-hybridized carbons (Fsp3) is 0.346. The van der Waals surface area contributed by atoms with Crippen molar-refractivity contribution in [2.24, 2.45) is 0 Å². The van der Waals surface area contributed by atoms with Crippen LogP contribution in [0.1, 0.15) is 22.4 Å². The normalized spacial score (nSPS) is 18.2. The van der Waals surface area contributed by atoms with Crippen molar-refractivity contribution in [1.29, 1.82) is 0 Å². The summed E-state index contributed by atoms with van der Waals surface area (Å²) in [6, 6.07) is 5.86. The van der Waals surface area contributed by atoms with Crippen LogP contribution in [-0.2, 0) is 11.2 Å². The molecule has 3 aromatic rings. The summed E-state index contributed by atoms with van der Waals surface area (Å²) in [5.41, 5.74) is 6.05. The van der Waals surface area contributed by atoms with E-state index in [0.717, 1.165) is 59.7 Å². The lowest BCUT2D eigenvalue weighted by atomic mass is 10.1. The fourth-order valence-electron chi connectivity index (χ4n) is 5.13. The number of H-pyrrole nitrogens is 1. The first-order valence-corrected chi connectivity index (χ1v) is 12.5. The Morgan fingerprint density at radius 2 is 2.11 bits per heavy atom. The zero-order chi connectivity index (χ0) is 24.9. The van der Waals surface area contributed by atoms with E-state index in [1.807, 2.05) is 17.5 Å². The van der Waals surface area contributed by atoms with E-state index >= 15 is 4.39 Å². The third-order valence-corrected chi connectivity index (χ3v) is 7.62. The molecule has 1 unspecified atom stereocenters. The van der Waals surface area contributed by atoms with Gasteiger partial charge in [0.25, 0.3) is 0 Å². The fourth-order valence-corrected chi connectivity index (χ4v) is 5.89. The second-order valence-electron chi connectivity index (χ2n) is 9.13. The van der Waals surface area contributed by atoms with Crippen LogP contribution in [0.4, 0.5) is 23.2 Å². The predicted octanol–water partition coefficient (Wildman–Crippen LogP) is 5.19. The van der Waals surface area contributed by atoms with Gasteiger partial charge in [0.15, 0.2) is 0 Å². The van der Waals surface area contributed by atoms with Gasteiger partial charge >= 0.3 is 6.18 Å². The van der Waals surface area contributed by atoms with Crippen molar-refractivity contribution in [1.82, 2.24) is 15.1 Å². The average molecular weight is 515 g/mol. The van der Waals surface area contributed by atoms with E-state index in [1.54, 1.807) is 6.07 Å². The van der Waals surface area contributed by atoms with Crippen LogP contribution >= 0.6 is 11.3 Å². The molecular formula is C26H22F4N4OS. The van der Waals surface area contributed by atoms with Crippen LogP contribution in [0.2, 0.25) is 0 Å². The van der Waals surface area contributed by atoms with Gasteiger partial charge in [0.05, 0.1) is 22.0 Å². The van der Waals surface area contributed by atoms with E-state index < -0.39 is 12.8 Å². The Kier molecular flexibility index (Phi) is 5.77. The molecule has 10 heteroatoms. The predicted molar refractivity (Wildman–Crippen MR) is 130 cm³/mol. The van der Waals surface area contributed by atoms with Gasteiger partial charge in [0, 0.05) is 54.2 Å². The molecule has 0 saturated carbocycles. The molecule has 3 aliphatic rings. The highest BCUT2D eigenvalue weighted by atomic mass is 32.1. The molecule has 186 valence electrons. The molecule has 36 heavy (non-hydrogen) atoms. The van der Waals surface area contributed by atoms with Crippen molar-refractivity contribution >= 4 is 17.0 Å². The maximum Gasteiger partial charge on any atom is 0.411 e. The molecule has 5 nitrogen and oxygen atoms in total. The van der Waals surface area contributed by atoms with E-state index in [1.165, 1.54) is 11.3 Å². The molecule has 2 aromatic heterocycles. The van der Waals surface area contributed by atoms with Gasteiger partial charge in [-0.1, -0.05) is 17.9 Å². The molecule has 1 fully saturated rings. The van der Waals surface area contributed by atoms with Gasteiger partial charge in [-0.05, 0) is 36.4 Å². The molecular weight excluding hydrogens is 492 g/mol. The van der Waals surface area contributed by atoms with Crippen LogP contribution < -0.4 is 4.90 Å². The lowest BCUT2D eigenvalue weighted by molar-refractivity contribution is -0.170. The van der Waals surface area contributed by atoms with Crippen molar-refractivity contribution in [2.45, 2.75) is 25.1 Å². The van der Waals surface area contributed by atoms with Crippen LogP contribution in [0.5, 0.6) is 0 Å². The van der Waals surface area contributed by atoms with Crippen LogP contribution in [0.15, 0.2) is 35.9 Å². The second kappa shape index (κ2) is 8.98. The Hall–Kier alpha value is -3.29. The molecule has 0 bridgehead atoms. The van der Waals surface area contributed by atoms with Gasteiger partial charge in [-0.15, -0.1) is 11.3 Å².